The Morgan fingerprint density at radius 1 is 1.12 bits per heavy atom. The van der Waals surface area contributed by atoms with Crippen LogP contribution in [0.4, 0.5) is 4.39 Å². The molecule has 0 fully saturated rings. The van der Waals surface area contributed by atoms with E-state index in [0.717, 1.165) is 11.1 Å². The normalized spacial score (nSPS) is 10.2. The van der Waals surface area contributed by atoms with E-state index in [0.29, 0.717) is 10.8 Å². The summed E-state index contributed by atoms with van der Waals surface area (Å²) in [5.74, 6) is 0.412. The maximum atomic E-state index is 13.1. The molecule has 82 valence electrons. The van der Waals surface area contributed by atoms with Gasteiger partial charge in [0.25, 0.3) is 0 Å². The molecular weight excluding hydrogens is 227 g/mol. The van der Waals surface area contributed by atoms with Gasteiger partial charge in [-0.2, -0.15) is 0 Å². The summed E-state index contributed by atoms with van der Waals surface area (Å²) >= 11 is 6.09. The minimum atomic E-state index is -0.274. The summed E-state index contributed by atoms with van der Waals surface area (Å²) < 4.78 is 18.1. The molecule has 0 aliphatic heterocycles. The van der Waals surface area contributed by atoms with Crippen molar-refractivity contribution in [2.45, 2.75) is 0 Å². The average molecular weight is 237 g/mol. The molecule has 0 bridgehead atoms. The molecule has 16 heavy (non-hydrogen) atoms. The van der Waals surface area contributed by atoms with Gasteiger partial charge in [-0.3, -0.25) is 0 Å². The van der Waals surface area contributed by atoms with Crippen LogP contribution in [-0.4, -0.2) is 7.11 Å². The van der Waals surface area contributed by atoms with E-state index >= 15 is 0 Å². The van der Waals surface area contributed by atoms with Gasteiger partial charge in [0.1, 0.15) is 11.6 Å². The third kappa shape index (κ3) is 2.17. The average Bonchev–Trinajstić information content (AvgIpc) is 2.28. The summed E-state index contributed by atoms with van der Waals surface area (Å²) in [6, 6.07) is 11.7. The van der Waals surface area contributed by atoms with Crippen LogP contribution in [0.25, 0.3) is 11.1 Å². The van der Waals surface area contributed by atoms with E-state index in [1.165, 1.54) is 12.1 Å². The third-order valence-electron chi connectivity index (χ3n) is 2.31. The van der Waals surface area contributed by atoms with E-state index in [-0.39, 0.29) is 5.82 Å². The highest BCUT2D eigenvalue weighted by molar-refractivity contribution is 6.33. The number of hydrogen-bond donors (Lipinski definition) is 0. The second kappa shape index (κ2) is 4.54. The number of methoxy groups -OCH3 is 1. The SMILES string of the molecule is COc1ccc(-c2cccc(F)c2)c(Cl)c1. The topological polar surface area (TPSA) is 9.23 Å². The molecule has 0 spiro atoms. The Bertz CT molecular complexity index is 511. The van der Waals surface area contributed by atoms with Crippen LogP contribution in [0.5, 0.6) is 5.75 Å². The molecule has 0 unspecified atom stereocenters. The molecule has 0 amide bonds. The van der Waals surface area contributed by atoms with Gasteiger partial charge in [-0.1, -0.05) is 23.7 Å². The summed E-state index contributed by atoms with van der Waals surface area (Å²) in [6.45, 7) is 0. The van der Waals surface area contributed by atoms with Gasteiger partial charge in [-0.15, -0.1) is 0 Å². The Labute approximate surface area is 98.4 Å². The fourth-order valence-corrected chi connectivity index (χ4v) is 1.79. The number of benzene rings is 2. The van der Waals surface area contributed by atoms with Crippen molar-refractivity contribution >= 4 is 11.6 Å². The highest BCUT2D eigenvalue weighted by Crippen LogP contribution is 2.31. The van der Waals surface area contributed by atoms with Crippen molar-refractivity contribution in [1.29, 1.82) is 0 Å². The molecule has 0 N–H and O–H groups in total. The quantitative estimate of drug-likeness (QED) is 0.761. The summed E-state index contributed by atoms with van der Waals surface area (Å²) in [5, 5.41) is 0.546. The van der Waals surface area contributed by atoms with Gasteiger partial charge in [0.15, 0.2) is 0 Å². The number of ether oxygens (including phenoxy) is 1. The van der Waals surface area contributed by atoms with Gasteiger partial charge in [0.05, 0.1) is 12.1 Å². The Morgan fingerprint density at radius 2 is 1.94 bits per heavy atom. The smallest absolute Gasteiger partial charge is 0.123 e. The Balaban J connectivity index is 2.48. The third-order valence-corrected chi connectivity index (χ3v) is 2.62. The molecule has 0 atom stereocenters. The van der Waals surface area contributed by atoms with E-state index in [9.17, 15) is 4.39 Å². The van der Waals surface area contributed by atoms with Gasteiger partial charge in [0.2, 0.25) is 0 Å². The summed E-state index contributed by atoms with van der Waals surface area (Å²) in [7, 11) is 1.58. The second-order valence-corrected chi connectivity index (χ2v) is 3.76. The van der Waals surface area contributed by atoms with Crippen LogP contribution in [0.2, 0.25) is 5.02 Å². The first-order chi connectivity index (χ1) is 7.70. The van der Waals surface area contributed by atoms with Gasteiger partial charge in [-0.25, -0.2) is 4.39 Å². The van der Waals surface area contributed by atoms with Crippen LogP contribution in [0.1, 0.15) is 0 Å². The van der Waals surface area contributed by atoms with E-state index in [1.807, 2.05) is 12.1 Å². The summed E-state index contributed by atoms with van der Waals surface area (Å²) in [5.41, 5.74) is 1.55. The van der Waals surface area contributed by atoms with Crippen molar-refractivity contribution in [1.82, 2.24) is 0 Å². The number of hydrogen-bond acceptors (Lipinski definition) is 1. The molecule has 0 radical (unpaired) electrons. The first kappa shape index (κ1) is 11.0. The zero-order valence-corrected chi connectivity index (χ0v) is 9.46. The largest absolute Gasteiger partial charge is 0.497 e. The lowest BCUT2D eigenvalue weighted by Gasteiger charge is -2.06. The highest BCUT2D eigenvalue weighted by atomic mass is 35.5. The van der Waals surface area contributed by atoms with Crippen LogP contribution in [0, 0.1) is 5.82 Å². The summed E-state index contributed by atoms with van der Waals surface area (Å²) in [6.07, 6.45) is 0. The fraction of sp³-hybridized carbons (Fsp3) is 0.0769. The van der Waals surface area contributed by atoms with Crippen LogP contribution >= 0.6 is 11.6 Å². The second-order valence-electron chi connectivity index (χ2n) is 3.36. The zero-order valence-electron chi connectivity index (χ0n) is 8.71. The molecule has 1 nitrogen and oxygen atoms in total. The van der Waals surface area contributed by atoms with Crippen molar-refractivity contribution in [3.8, 4) is 16.9 Å². The zero-order chi connectivity index (χ0) is 11.5. The number of halogens is 2. The Morgan fingerprint density at radius 3 is 2.56 bits per heavy atom. The number of rotatable bonds is 2. The highest BCUT2D eigenvalue weighted by Gasteiger charge is 2.05. The molecule has 0 aliphatic rings. The fourth-order valence-electron chi connectivity index (χ4n) is 1.51. The Kier molecular flexibility index (Phi) is 3.11. The lowest BCUT2D eigenvalue weighted by atomic mass is 10.1. The lowest BCUT2D eigenvalue weighted by molar-refractivity contribution is 0.415. The molecule has 0 saturated carbocycles. The maximum absolute atomic E-state index is 13.1. The van der Waals surface area contributed by atoms with E-state index in [4.69, 9.17) is 16.3 Å². The van der Waals surface area contributed by atoms with Crippen LogP contribution in [0.15, 0.2) is 42.5 Å². The Hall–Kier alpha value is -1.54. The molecule has 0 saturated heterocycles. The molecule has 0 aliphatic carbocycles. The predicted molar refractivity (Wildman–Crippen MR) is 63.4 cm³/mol. The van der Waals surface area contributed by atoms with Crippen molar-refractivity contribution in [3.63, 3.8) is 0 Å². The lowest BCUT2D eigenvalue weighted by Crippen LogP contribution is -1.85. The first-order valence-corrected chi connectivity index (χ1v) is 5.18. The minimum Gasteiger partial charge on any atom is -0.497 e. The van der Waals surface area contributed by atoms with E-state index < -0.39 is 0 Å². The molecule has 2 rings (SSSR count). The molecular formula is C13H10ClFO. The molecule has 0 heterocycles. The standard InChI is InChI=1S/C13H10ClFO/c1-16-11-5-6-12(13(14)8-11)9-3-2-4-10(15)7-9/h2-8H,1H3. The van der Waals surface area contributed by atoms with Crippen molar-refractivity contribution in [3.05, 3.63) is 53.3 Å². The van der Waals surface area contributed by atoms with Gasteiger partial charge in [0, 0.05) is 5.56 Å². The minimum absolute atomic E-state index is 0.274. The van der Waals surface area contributed by atoms with Gasteiger partial charge in [-0.05, 0) is 35.9 Å². The molecule has 2 aromatic rings. The van der Waals surface area contributed by atoms with Crippen LogP contribution in [-0.2, 0) is 0 Å². The van der Waals surface area contributed by atoms with Crippen molar-refractivity contribution in [2.75, 3.05) is 7.11 Å². The first-order valence-electron chi connectivity index (χ1n) is 4.80. The van der Waals surface area contributed by atoms with E-state index in [1.54, 1.807) is 25.3 Å². The summed E-state index contributed by atoms with van der Waals surface area (Å²) in [4.78, 5) is 0. The van der Waals surface area contributed by atoms with E-state index in [2.05, 4.69) is 0 Å². The van der Waals surface area contributed by atoms with Crippen molar-refractivity contribution < 1.29 is 9.13 Å². The van der Waals surface area contributed by atoms with Crippen LogP contribution in [0.3, 0.4) is 0 Å². The molecule has 0 aromatic heterocycles. The van der Waals surface area contributed by atoms with Crippen molar-refractivity contribution in [2.24, 2.45) is 0 Å². The van der Waals surface area contributed by atoms with Gasteiger partial charge >= 0.3 is 0 Å². The van der Waals surface area contributed by atoms with Gasteiger partial charge < -0.3 is 4.74 Å². The monoisotopic (exact) mass is 236 g/mol. The predicted octanol–water partition coefficient (Wildman–Crippen LogP) is 4.15. The molecule has 3 heteroatoms. The van der Waals surface area contributed by atoms with Crippen LogP contribution < -0.4 is 4.74 Å². The molecule has 2 aromatic carbocycles. The maximum Gasteiger partial charge on any atom is 0.123 e.